The summed E-state index contributed by atoms with van der Waals surface area (Å²) in [6, 6.07) is 23.1. The SMILES string of the molecule is CC(C)CC(C(=O)NC(Cc1ccccc1)C(=O)C(=O)O)c1cccc(-c2ccccc2)n1. The first kappa shape index (κ1) is 23.9. The van der Waals surface area contributed by atoms with Gasteiger partial charge >= 0.3 is 5.97 Å². The Morgan fingerprint density at radius 3 is 2.12 bits per heavy atom. The van der Waals surface area contributed by atoms with Crippen molar-refractivity contribution < 1.29 is 19.5 Å². The van der Waals surface area contributed by atoms with E-state index in [2.05, 4.69) is 5.32 Å². The topological polar surface area (TPSA) is 96.4 Å². The lowest BCUT2D eigenvalue weighted by atomic mass is 9.91. The minimum atomic E-state index is -1.57. The summed E-state index contributed by atoms with van der Waals surface area (Å²) in [7, 11) is 0. The Hall–Kier alpha value is -3.80. The van der Waals surface area contributed by atoms with Crippen LogP contribution in [-0.4, -0.2) is 33.8 Å². The fourth-order valence-electron chi connectivity index (χ4n) is 3.73. The second kappa shape index (κ2) is 11.2. The van der Waals surface area contributed by atoms with Crippen LogP contribution < -0.4 is 5.32 Å². The molecule has 3 aromatic rings. The number of ketones is 1. The van der Waals surface area contributed by atoms with Crippen LogP contribution in [0.25, 0.3) is 11.3 Å². The largest absolute Gasteiger partial charge is 0.475 e. The average Bonchev–Trinajstić information content (AvgIpc) is 2.82. The number of pyridine rings is 1. The summed E-state index contributed by atoms with van der Waals surface area (Å²) in [5, 5.41) is 12.0. The number of rotatable bonds is 10. The van der Waals surface area contributed by atoms with Crippen molar-refractivity contribution in [2.45, 2.75) is 38.6 Å². The van der Waals surface area contributed by atoms with Crippen LogP contribution in [-0.2, 0) is 20.8 Å². The van der Waals surface area contributed by atoms with E-state index in [1.807, 2.05) is 62.4 Å². The van der Waals surface area contributed by atoms with Gasteiger partial charge in [-0.05, 0) is 30.0 Å². The van der Waals surface area contributed by atoms with Gasteiger partial charge in [0.2, 0.25) is 5.91 Å². The second-order valence-electron chi connectivity index (χ2n) is 8.42. The van der Waals surface area contributed by atoms with Crippen LogP contribution in [0.1, 0.15) is 37.4 Å². The maximum atomic E-state index is 13.4. The Balaban J connectivity index is 1.89. The molecule has 0 radical (unpaired) electrons. The molecule has 1 aromatic heterocycles. The van der Waals surface area contributed by atoms with Gasteiger partial charge in [0.05, 0.1) is 17.3 Å². The van der Waals surface area contributed by atoms with Crippen LogP contribution >= 0.6 is 0 Å². The Kier molecular flexibility index (Phi) is 8.08. The number of nitrogens with one attached hydrogen (secondary N) is 1. The van der Waals surface area contributed by atoms with Crippen LogP contribution in [0.2, 0.25) is 0 Å². The quantitative estimate of drug-likeness (QED) is 0.456. The van der Waals surface area contributed by atoms with E-state index in [0.29, 0.717) is 12.1 Å². The first-order valence-corrected chi connectivity index (χ1v) is 11.0. The van der Waals surface area contributed by atoms with Crippen LogP contribution in [0.4, 0.5) is 0 Å². The molecule has 1 heterocycles. The van der Waals surface area contributed by atoms with E-state index in [9.17, 15) is 19.5 Å². The van der Waals surface area contributed by atoms with Gasteiger partial charge in [0.15, 0.2) is 0 Å². The number of carboxylic acids is 1. The summed E-state index contributed by atoms with van der Waals surface area (Å²) in [6.07, 6.45) is 0.611. The van der Waals surface area contributed by atoms with Crippen molar-refractivity contribution in [1.82, 2.24) is 10.3 Å². The molecule has 0 fully saturated rings. The van der Waals surface area contributed by atoms with E-state index in [1.165, 1.54) is 0 Å². The molecule has 6 heteroatoms. The average molecular weight is 445 g/mol. The molecule has 2 atom stereocenters. The third kappa shape index (κ3) is 6.59. The Morgan fingerprint density at radius 2 is 1.52 bits per heavy atom. The summed E-state index contributed by atoms with van der Waals surface area (Å²) in [5.41, 5.74) is 3.04. The van der Waals surface area contributed by atoms with E-state index in [-0.39, 0.29) is 12.3 Å². The Bertz CT molecular complexity index is 1100. The van der Waals surface area contributed by atoms with Crippen LogP contribution in [0.15, 0.2) is 78.9 Å². The number of aromatic nitrogens is 1. The summed E-state index contributed by atoms with van der Waals surface area (Å²) in [4.78, 5) is 41.9. The predicted octanol–water partition coefficient (Wildman–Crippen LogP) is 4.26. The van der Waals surface area contributed by atoms with E-state index < -0.39 is 29.6 Å². The highest BCUT2D eigenvalue weighted by molar-refractivity contribution is 6.35. The number of nitrogens with zero attached hydrogens (tertiary/aromatic N) is 1. The number of hydrogen-bond acceptors (Lipinski definition) is 4. The lowest BCUT2D eigenvalue weighted by molar-refractivity contribution is -0.150. The number of benzene rings is 2. The molecular weight excluding hydrogens is 416 g/mol. The van der Waals surface area contributed by atoms with Crippen molar-refractivity contribution in [3.05, 3.63) is 90.1 Å². The normalized spacial score (nSPS) is 12.7. The molecular formula is C27H28N2O4. The second-order valence-corrected chi connectivity index (χ2v) is 8.42. The molecule has 1 amide bonds. The van der Waals surface area contributed by atoms with Crippen LogP contribution in [0.3, 0.4) is 0 Å². The Morgan fingerprint density at radius 1 is 0.879 bits per heavy atom. The molecule has 33 heavy (non-hydrogen) atoms. The molecule has 0 bridgehead atoms. The zero-order valence-electron chi connectivity index (χ0n) is 18.8. The molecule has 0 spiro atoms. The van der Waals surface area contributed by atoms with Crippen LogP contribution in [0, 0.1) is 5.92 Å². The van der Waals surface area contributed by atoms with Crippen molar-refractivity contribution in [1.29, 1.82) is 0 Å². The monoisotopic (exact) mass is 444 g/mol. The number of carbonyl (C=O) groups is 3. The number of carbonyl (C=O) groups excluding carboxylic acids is 2. The Labute approximate surface area is 193 Å². The molecule has 2 aromatic carbocycles. The first-order chi connectivity index (χ1) is 15.8. The third-order valence-corrected chi connectivity index (χ3v) is 5.35. The van der Waals surface area contributed by atoms with Gasteiger partial charge in [0, 0.05) is 12.0 Å². The third-order valence-electron chi connectivity index (χ3n) is 5.35. The molecule has 0 aliphatic heterocycles. The van der Waals surface area contributed by atoms with Crippen molar-refractivity contribution >= 4 is 17.7 Å². The minimum absolute atomic E-state index is 0.101. The van der Waals surface area contributed by atoms with E-state index in [4.69, 9.17) is 4.98 Å². The molecule has 2 unspecified atom stereocenters. The number of hydrogen-bond donors (Lipinski definition) is 2. The summed E-state index contributed by atoms with van der Waals surface area (Å²) >= 11 is 0. The van der Waals surface area contributed by atoms with E-state index in [0.717, 1.165) is 16.8 Å². The van der Waals surface area contributed by atoms with Gasteiger partial charge in [-0.3, -0.25) is 14.6 Å². The maximum Gasteiger partial charge on any atom is 0.374 e. The van der Waals surface area contributed by atoms with Gasteiger partial charge in [-0.15, -0.1) is 0 Å². The highest BCUT2D eigenvalue weighted by atomic mass is 16.4. The summed E-state index contributed by atoms with van der Waals surface area (Å²) in [5.74, 6) is -3.45. The number of aliphatic carboxylic acids is 1. The van der Waals surface area contributed by atoms with Gasteiger partial charge in [0.1, 0.15) is 6.04 Å². The summed E-state index contributed by atoms with van der Waals surface area (Å²) in [6.45, 7) is 4.01. The molecule has 0 aliphatic carbocycles. The number of amides is 1. The number of carboxylic acid groups (broad SMARTS) is 1. The smallest absolute Gasteiger partial charge is 0.374 e. The van der Waals surface area contributed by atoms with Gasteiger partial charge in [-0.25, -0.2) is 4.79 Å². The summed E-state index contributed by atoms with van der Waals surface area (Å²) < 4.78 is 0. The fraction of sp³-hybridized carbons (Fsp3) is 0.259. The number of Topliss-reactive ketones (excluding diaryl/α,β-unsaturated/α-hetero) is 1. The minimum Gasteiger partial charge on any atom is -0.475 e. The predicted molar refractivity (Wildman–Crippen MR) is 127 cm³/mol. The van der Waals surface area contributed by atoms with Crippen molar-refractivity contribution in [2.75, 3.05) is 0 Å². The first-order valence-electron chi connectivity index (χ1n) is 11.0. The lowest BCUT2D eigenvalue weighted by Crippen LogP contribution is -2.47. The molecule has 0 saturated carbocycles. The molecule has 170 valence electrons. The molecule has 0 saturated heterocycles. The molecule has 3 rings (SSSR count). The highest BCUT2D eigenvalue weighted by Gasteiger charge is 2.31. The molecule has 0 aliphatic rings. The highest BCUT2D eigenvalue weighted by Crippen LogP contribution is 2.26. The molecule has 2 N–H and O–H groups in total. The van der Waals surface area contributed by atoms with Gasteiger partial charge < -0.3 is 10.4 Å². The van der Waals surface area contributed by atoms with Crippen molar-refractivity contribution in [3.8, 4) is 11.3 Å². The van der Waals surface area contributed by atoms with Crippen molar-refractivity contribution in [2.24, 2.45) is 5.92 Å². The zero-order chi connectivity index (χ0) is 23.8. The van der Waals surface area contributed by atoms with Gasteiger partial charge in [0.25, 0.3) is 5.78 Å². The maximum absolute atomic E-state index is 13.4. The van der Waals surface area contributed by atoms with Gasteiger partial charge in [-0.2, -0.15) is 0 Å². The van der Waals surface area contributed by atoms with Gasteiger partial charge in [-0.1, -0.05) is 80.6 Å². The fourth-order valence-corrected chi connectivity index (χ4v) is 3.73. The van der Waals surface area contributed by atoms with E-state index in [1.54, 1.807) is 30.3 Å². The van der Waals surface area contributed by atoms with Crippen molar-refractivity contribution in [3.63, 3.8) is 0 Å². The zero-order valence-corrected chi connectivity index (χ0v) is 18.8. The van der Waals surface area contributed by atoms with Crippen LogP contribution in [0.5, 0.6) is 0 Å². The van der Waals surface area contributed by atoms with E-state index >= 15 is 0 Å². The lowest BCUT2D eigenvalue weighted by Gasteiger charge is -2.22. The molecule has 6 nitrogen and oxygen atoms in total. The standard InChI is InChI=1S/C27H28N2O4/c1-18(2)16-21(23-15-9-14-22(28-23)20-12-7-4-8-13-20)26(31)29-24(25(30)27(32)33)17-19-10-5-3-6-11-19/h3-15,18,21,24H,16-17H2,1-2H3,(H,29,31)(H,32,33).